The molecule has 0 fully saturated rings. The SMILES string of the molecule is N[C@H](c1cc(Cl)cc(Cl)c1)[C@@H](O)Cc1ccccc1. The smallest absolute Gasteiger partial charge is 0.0773 e. The van der Waals surface area contributed by atoms with Crippen molar-refractivity contribution in [3.05, 3.63) is 69.7 Å². The molecule has 0 bridgehead atoms. The molecule has 3 N–H and O–H groups in total. The Hall–Kier alpha value is -1.06. The minimum absolute atomic E-state index is 0.492. The van der Waals surface area contributed by atoms with E-state index in [1.807, 2.05) is 30.3 Å². The Balaban J connectivity index is 2.12. The molecule has 0 saturated heterocycles. The largest absolute Gasteiger partial charge is 0.391 e. The summed E-state index contributed by atoms with van der Waals surface area (Å²) in [6, 6.07) is 14.3. The van der Waals surface area contributed by atoms with E-state index in [-0.39, 0.29) is 0 Å². The maximum atomic E-state index is 10.2. The molecular weight excluding hydrogens is 281 g/mol. The van der Waals surface area contributed by atoms with Crippen LogP contribution in [-0.4, -0.2) is 11.2 Å². The van der Waals surface area contributed by atoms with Crippen molar-refractivity contribution in [3.8, 4) is 0 Å². The van der Waals surface area contributed by atoms with Crippen LogP contribution in [0.2, 0.25) is 10.0 Å². The molecule has 2 rings (SSSR count). The molecule has 0 radical (unpaired) electrons. The summed E-state index contributed by atoms with van der Waals surface area (Å²) in [5, 5.41) is 11.2. The standard InChI is InChI=1S/C15H15Cl2NO/c16-12-7-11(8-13(17)9-12)15(18)14(19)6-10-4-2-1-3-5-10/h1-5,7-9,14-15,19H,6,18H2/t14-,15+/m0/s1. The van der Waals surface area contributed by atoms with Crippen molar-refractivity contribution in [2.24, 2.45) is 5.73 Å². The van der Waals surface area contributed by atoms with E-state index in [0.29, 0.717) is 16.5 Å². The fourth-order valence-corrected chi connectivity index (χ4v) is 2.52. The molecule has 2 nitrogen and oxygen atoms in total. The quantitative estimate of drug-likeness (QED) is 0.905. The number of rotatable bonds is 4. The van der Waals surface area contributed by atoms with Crippen molar-refractivity contribution in [2.45, 2.75) is 18.6 Å². The Labute approximate surface area is 122 Å². The zero-order valence-corrected chi connectivity index (χ0v) is 11.8. The Morgan fingerprint density at radius 1 is 1.00 bits per heavy atom. The number of aliphatic hydroxyl groups excluding tert-OH is 1. The van der Waals surface area contributed by atoms with Gasteiger partial charge in [-0.3, -0.25) is 0 Å². The van der Waals surface area contributed by atoms with Gasteiger partial charge in [0.1, 0.15) is 0 Å². The van der Waals surface area contributed by atoms with Gasteiger partial charge < -0.3 is 10.8 Å². The second kappa shape index (κ2) is 6.40. The highest BCUT2D eigenvalue weighted by Crippen LogP contribution is 2.25. The van der Waals surface area contributed by atoms with Crippen LogP contribution in [0.15, 0.2) is 48.5 Å². The third-order valence-electron chi connectivity index (χ3n) is 2.97. The Morgan fingerprint density at radius 3 is 2.16 bits per heavy atom. The molecule has 0 saturated carbocycles. The minimum atomic E-state index is -0.683. The van der Waals surface area contributed by atoms with Gasteiger partial charge in [-0.25, -0.2) is 0 Å². The third-order valence-corrected chi connectivity index (χ3v) is 3.41. The van der Waals surface area contributed by atoms with Gasteiger partial charge in [0.25, 0.3) is 0 Å². The van der Waals surface area contributed by atoms with Gasteiger partial charge >= 0.3 is 0 Å². The van der Waals surface area contributed by atoms with E-state index in [2.05, 4.69) is 0 Å². The molecule has 4 heteroatoms. The van der Waals surface area contributed by atoms with Crippen LogP contribution < -0.4 is 5.73 Å². The van der Waals surface area contributed by atoms with E-state index >= 15 is 0 Å². The molecule has 2 aromatic rings. The lowest BCUT2D eigenvalue weighted by molar-refractivity contribution is 0.145. The number of nitrogens with two attached hydrogens (primary N) is 1. The molecule has 0 aromatic heterocycles. The normalized spacial score (nSPS) is 14.1. The van der Waals surface area contributed by atoms with Gasteiger partial charge in [-0.15, -0.1) is 0 Å². The van der Waals surface area contributed by atoms with Gasteiger partial charge in [-0.2, -0.15) is 0 Å². The first kappa shape index (κ1) is 14.4. The monoisotopic (exact) mass is 295 g/mol. The molecule has 0 unspecified atom stereocenters. The maximum Gasteiger partial charge on any atom is 0.0773 e. The number of aliphatic hydroxyl groups is 1. The first-order valence-corrected chi connectivity index (χ1v) is 6.75. The summed E-state index contributed by atoms with van der Waals surface area (Å²) >= 11 is 11.9. The Bertz CT molecular complexity index is 525. The first-order chi connectivity index (χ1) is 9.06. The van der Waals surface area contributed by atoms with Crippen LogP contribution in [0.3, 0.4) is 0 Å². The van der Waals surface area contributed by atoms with Crippen molar-refractivity contribution in [1.29, 1.82) is 0 Å². The highest BCUT2D eigenvalue weighted by molar-refractivity contribution is 6.34. The van der Waals surface area contributed by atoms with Crippen LogP contribution in [0, 0.1) is 0 Å². The van der Waals surface area contributed by atoms with Crippen molar-refractivity contribution < 1.29 is 5.11 Å². The molecule has 0 spiro atoms. The molecule has 0 aliphatic rings. The zero-order valence-electron chi connectivity index (χ0n) is 10.3. The summed E-state index contributed by atoms with van der Waals surface area (Å²) < 4.78 is 0. The predicted molar refractivity (Wildman–Crippen MR) is 79.5 cm³/mol. The van der Waals surface area contributed by atoms with E-state index in [9.17, 15) is 5.11 Å². The number of benzene rings is 2. The summed E-state index contributed by atoms with van der Waals surface area (Å²) in [4.78, 5) is 0. The molecule has 0 heterocycles. The molecule has 0 amide bonds. The fourth-order valence-electron chi connectivity index (χ4n) is 1.97. The van der Waals surface area contributed by atoms with Gasteiger partial charge in [-0.05, 0) is 29.3 Å². The molecular formula is C15H15Cl2NO. The van der Waals surface area contributed by atoms with Crippen LogP contribution in [0.25, 0.3) is 0 Å². The van der Waals surface area contributed by atoms with Gasteiger partial charge in [0, 0.05) is 16.5 Å². The van der Waals surface area contributed by atoms with Crippen LogP contribution in [0.5, 0.6) is 0 Å². The zero-order chi connectivity index (χ0) is 13.8. The first-order valence-electron chi connectivity index (χ1n) is 6.00. The summed E-state index contributed by atoms with van der Waals surface area (Å²) in [6.45, 7) is 0. The minimum Gasteiger partial charge on any atom is -0.391 e. The highest BCUT2D eigenvalue weighted by Gasteiger charge is 2.18. The second-order valence-electron chi connectivity index (χ2n) is 4.49. The predicted octanol–water partition coefficient (Wildman–Crippen LogP) is 3.60. The highest BCUT2D eigenvalue weighted by atomic mass is 35.5. The van der Waals surface area contributed by atoms with Crippen LogP contribution in [0.1, 0.15) is 17.2 Å². The molecule has 2 aromatic carbocycles. The van der Waals surface area contributed by atoms with Crippen LogP contribution in [-0.2, 0) is 6.42 Å². The lowest BCUT2D eigenvalue weighted by atomic mass is 9.97. The average Bonchev–Trinajstić information content (AvgIpc) is 2.37. The van der Waals surface area contributed by atoms with Crippen LogP contribution in [0.4, 0.5) is 0 Å². The molecule has 0 aliphatic carbocycles. The summed E-state index contributed by atoms with van der Waals surface area (Å²) in [5.74, 6) is 0. The number of hydrogen-bond donors (Lipinski definition) is 2. The summed E-state index contributed by atoms with van der Waals surface area (Å²) in [6.07, 6.45) is -0.191. The van der Waals surface area contributed by atoms with Crippen molar-refractivity contribution in [2.75, 3.05) is 0 Å². The molecule has 100 valence electrons. The maximum absolute atomic E-state index is 10.2. The van der Waals surface area contributed by atoms with E-state index in [1.165, 1.54) is 0 Å². The Morgan fingerprint density at radius 2 is 1.58 bits per heavy atom. The number of halogens is 2. The van der Waals surface area contributed by atoms with Gasteiger partial charge in [-0.1, -0.05) is 53.5 Å². The lowest BCUT2D eigenvalue weighted by Gasteiger charge is -2.19. The summed E-state index contributed by atoms with van der Waals surface area (Å²) in [7, 11) is 0. The van der Waals surface area contributed by atoms with Gasteiger partial charge in [0.15, 0.2) is 0 Å². The van der Waals surface area contributed by atoms with E-state index in [1.54, 1.807) is 18.2 Å². The Kier molecular flexibility index (Phi) is 4.83. The van der Waals surface area contributed by atoms with Crippen LogP contribution >= 0.6 is 23.2 Å². The fraction of sp³-hybridized carbons (Fsp3) is 0.200. The van der Waals surface area contributed by atoms with Gasteiger partial charge in [0.2, 0.25) is 0 Å². The lowest BCUT2D eigenvalue weighted by Crippen LogP contribution is -2.28. The second-order valence-corrected chi connectivity index (χ2v) is 5.36. The molecule has 0 aliphatic heterocycles. The molecule has 2 atom stereocenters. The number of hydrogen-bond acceptors (Lipinski definition) is 2. The van der Waals surface area contributed by atoms with E-state index in [0.717, 1.165) is 11.1 Å². The van der Waals surface area contributed by atoms with E-state index < -0.39 is 12.1 Å². The average molecular weight is 296 g/mol. The molecule has 19 heavy (non-hydrogen) atoms. The van der Waals surface area contributed by atoms with E-state index in [4.69, 9.17) is 28.9 Å². The third kappa shape index (κ3) is 3.95. The van der Waals surface area contributed by atoms with Crippen molar-refractivity contribution in [3.63, 3.8) is 0 Å². The summed E-state index contributed by atoms with van der Waals surface area (Å²) in [5.41, 5.74) is 7.83. The van der Waals surface area contributed by atoms with Crippen molar-refractivity contribution >= 4 is 23.2 Å². The topological polar surface area (TPSA) is 46.2 Å². The van der Waals surface area contributed by atoms with Gasteiger partial charge in [0.05, 0.1) is 12.1 Å². The van der Waals surface area contributed by atoms with Crippen molar-refractivity contribution in [1.82, 2.24) is 0 Å².